The molecule has 0 aromatic rings. The van der Waals surface area contributed by atoms with E-state index in [-0.39, 0.29) is 51.4 Å². The van der Waals surface area contributed by atoms with Gasteiger partial charge in [0.25, 0.3) is 0 Å². The molecule has 4 N–H and O–H groups in total. The summed E-state index contributed by atoms with van der Waals surface area (Å²) >= 11 is 0. The molecular formula is C21H42KNO5. The minimum absolute atomic E-state index is 0. The van der Waals surface area contributed by atoms with Crippen LogP contribution in [0.4, 0.5) is 0 Å². The standard InChI is InChI=1S/C21H42NO5.K/c1-3-4-5-6-7-8-9-10-11-12-13-14-15-21(22-2)20(26)19(25)18(24)17(16-23)27-21;/h17-20,23-26H,3-16H2,1-2H3;/q-1;+1/t17-,18-,19+,20-,21?;/m1./s1. The largest absolute Gasteiger partial charge is 1.00 e. The van der Waals surface area contributed by atoms with E-state index < -0.39 is 36.7 Å². The zero-order chi connectivity index (χ0) is 20.1. The Hall–Kier alpha value is 1.40. The van der Waals surface area contributed by atoms with Gasteiger partial charge in [-0.2, -0.15) is 7.05 Å². The summed E-state index contributed by atoms with van der Waals surface area (Å²) in [5.41, 5.74) is -1.25. The van der Waals surface area contributed by atoms with E-state index in [1.54, 1.807) is 7.05 Å². The van der Waals surface area contributed by atoms with Gasteiger partial charge in [-0.05, 0) is 6.42 Å². The molecule has 0 saturated carbocycles. The van der Waals surface area contributed by atoms with Crippen molar-refractivity contribution in [3.05, 3.63) is 5.32 Å². The number of likely N-dealkylation sites (N-methyl/N-ethyl adjacent to an activating group) is 1. The Balaban J connectivity index is 0.00000729. The van der Waals surface area contributed by atoms with E-state index in [4.69, 9.17) is 4.74 Å². The van der Waals surface area contributed by atoms with Crippen molar-refractivity contribution in [2.75, 3.05) is 13.7 Å². The minimum Gasteiger partial charge on any atom is -0.634 e. The fourth-order valence-electron chi connectivity index (χ4n) is 3.94. The van der Waals surface area contributed by atoms with Gasteiger partial charge in [0.1, 0.15) is 18.3 Å². The van der Waals surface area contributed by atoms with E-state index in [0.29, 0.717) is 6.42 Å². The topological polar surface area (TPSA) is 104 Å². The van der Waals surface area contributed by atoms with Crippen LogP contribution in [0.2, 0.25) is 0 Å². The molecule has 1 aliphatic rings. The van der Waals surface area contributed by atoms with Crippen molar-refractivity contribution < 1.29 is 76.5 Å². The van der Waals surface area contributed by atoms with Crippen LogP contribution >= 0.6 is 0 Å². The molecule has 0 radical (unpaired) electrons. The van der Waals surface area contributed by atoms with Gasteiger partial charge in [0.2, 0.25) is 0 Å². The predicted octanol–water partition coefficient (Wildman–Crippen LogP) is 0.255. The van der Waals surface area contributed by atoms with Crippen LogP contribution < -0.4 is 51.4 Å². The van der Waals surface area contributed by atoms with Gasteiger partial charge in [0.05, 0.1) is 12.7 Å². The van der Waals surface area contributed by atoms with E-state index in [1.165, 1.54) is 57.8 Å². The Morgan fingerprint density at radius 2 is 1.25 bits per heavy atom. The second kappa shape index (κ2) is 17.0. The van der Waals surface area contributed by atoms with E-state index in [9.17, 15) is 20.4 Å². The number of hydrogen-bond donors (Lipinski definition) is 4. The van der Waals surface area contributed by atoms with Crippen molar-refractivity contribution in [3.8, 4) is 0 Å². The summed E-state index contributed by atoms with van der Waals surface area (Å²) in [6, 6.07) is 0. The Morgan fingerprint density at radius 3 is 1.68 bits per heavy atom. The normalized spacial score (nSPS) is 30.2. The summed E-state index contributed by atoms with van der Waals surface area (Å²) in [5, 5.41) is 43.8. The number of aliphatic hydroxyl groups is 4. The third-order valence-electron chi connectivity index (χ3n) is 5.82. The molecule has 0 aromatic carbocycles. The zero-order valence-corrected chi connectivity index (χ0v) is 21.5. The first-order valence-corrected chi connectivity index (χ1v) is 11.0. The first kappa shape index (κ1) is 29.4. The second-order valence-corrected chi connectivity index (χ2v) is 7.97. The molecule has 6 nitrogen and oxygen atoms in total. The molecule has 0 aliphatic carbocycles. The molecule has 1 rings (SSSR count). The van der Waals surface area contributed by atoms with Crippen molar-refractivity contribution in [2.24, 2.45) is 0 Å². The number of aliphatic hydroxyl groups excluding tert-OH is 4. The third-order valence-corrected chi connectivity index (χ3v) is 5.82. The molecule has 162 valence electrons. The molecule has 1 fully saturated rings. The monoisotopic (exact) mass is 427 g/mol. The number of hydrogen-bond acceptors (Lipinski definition) is 5. The van der Waals surface area contributed by atoms with Crippen molar-refractivity contribution >= 4 is 0 Å². The van der Waals surface area contributed by atoms with Gasteiger partial charge in [-0.1, -0.05) is 84.0 Å². The van der Waals surface area contributed by atoms with Gasteiger partial charge in [-0.15, -0.1) is 0 Å². The second-order valence-electron chi connectivity index (χ2n) is 7.97. The molecule has 1 aliphatic heterocycles. The SMILES string of the molecule is CCCCCCCCCCCCCCC1([N-]C)O[C@H](CO)[C@@H](O)[C@H](O)[C@H]1O.[K+]. The van der Waals surface area contributed by atoms with E-state index in [2.05, 4.69) is 12.2 Å². The average molecular weight is 428 g/mol. The van der Waals surface area contributed by atoms with Gasteiger partial charge in [0.15, 0.2) is 0 Å². The van der Waals surface area contributed by atoms with E-state index in [0.717, 1.165) is 19.3 Å². The van der Waals surface area contributed by atoms with Crippen molar-refractivity contribution in [2.45, 2.75) is 121 Å². The zero-order valence-electron chi connectivity index (χ0n) is 18.4. The molecular weight excluding hydrogens is 385 g/mol. The number of unbranched alkanes of at least 4 members (excludes halogenated alkanes) is 11. The molecule has 7 heteroatoms. The summed E-state index contributed by atoms with van der Waals surface area (Å²) in [7, 11) is 1.54. The van der Waals surface area contributed by atoms with Crippen molar-refractivity contribution in [1.29, 1.82) is 0 Å². The summed E-state index contributed by atoms with van der Waals surface area (Å²) in [4.78, 5) is 0. The van der Waals surface area contributed by atoms with Crippen LogP contribution in [0, 0.1) is 0 Å². The fraction of sp³-hybridized carbons (Fsp3) is 1.00. The van der Waals surface area contributed by atoms with Crippen molar-refractivity contribution in [1.82, 2.24) is 0 Å². The number of ether oxygens (including phenoxy) is 1. The summed E-state index contributed by atoms with van der Waals surface area (Å²) in [5.74, 6) is 0. The first-order chi connectivity index (χ1) is 13.0. The van der Waals surface area contributed by atoms with Gasteiger partial charge in [-0.3, -0.25) is 0 Å². The quantitative estimate of drug-likeness (QED) is 0.222. The van der Waals surface area contributed by atoms with Crippen LogP contribution in [0.1, 0.15) is 90.4 Å². The first-order valence-electron chi connectivity index (χ1n) is 11.0. The van der Waals surface area contributed by atoms with Crippen LogP contribution in [0.15, 0.2) is 0 Å². The Bertz CT molecular complexity index is 375. The summed E-state index contributed by atoms with van der Waals surface area (Å²) in [6.45, 7) is 1.83. The predicted molar refractivity (Wildman–Crippen MR) is 108 cm³/mol. The average Bonchev–Trinajstić information content (AvgIpc) is 2.69. The van der Waals surface area contributed by atoms with Crippen LogP contribution in [0.25, 0.3) is 5.32 Å². The molecule has 1 unspecified atom stereocenters. The van der Waals surface area contributed by atoms with Crippen LogP contribution in [-0.4, -0.2) is 64.2 Å². The van der Waals surface area contributed by atoms with Crippen LogP contribution in [0.5, 0.6) is 0 Å². The molecule has 1 heterocycles. The fourth-order valence-corrected chi connectivity index (χ4v) is 3.94. The summed E-state index contributed by atoms with van der Waals surface area (Å²) < 4.78 is 5.69. The van der Waals surface area contributed by atoms with Gasteiger partial charge in [-0.25, -0.2) is 0 Å². The molecule has 5 atom stereocenters. The molecule has 0 spiro atoms. The Kier molecular flexibility index (Phi) is 17.9. The minimum atomic E-state index is -1.36. The van der Waals surface area contributed by atoms with Gasteiger partial charge >= 0.3 is 51.4 Å². The molecule has 0 aromatic heterocycles. The molecule has 0 bridgehead atoms. The van der Waals surface area contributed by atoms with Crippen LogP contribution in [0.3, 0.4) is 0 Å². The maximum atomic E-state index is 10.3. The summed E-state index contributed by atoms with van der Waals surface area (Å²) in [6.07, 6.45) is 10.5. The molecule has 28 heavy (non-hydrogen) atoms. The Labute approximate surface area is 214 Å². The Morgan fingerprint density at radius 1 is 0.786 bits per heavy atom. The van der Waals surface area contributed by atoms with E-state index in [1.807, 2.05) is 0 Å². The number of rotatable bonds is 15. The number of nitrogens with zero attached hydrogens (tertiary/aromatic N) is 1. The molecule has 1 saturated heterocycles. The maximum Gasteiger partial charge on any atom is 1.00 e. The van der Waals surface area contributed by atoms with E-state index >= 15 is 0 Å². The molecule has 0 amide bonds. The third kappa shape index (κ3) is 9.68. The van der Waals surface area contributed by atoms with Gasteiger partial charge < -0.3 is 30.5 Å². The maximum absolute atomic E-state index is 10.3. The smallest absolute Gasteiger partial charge is 0.634 e. The van der Waals surface area contributed by atoms with Gasteiger partial charge in [0, 0.05) is 5.72 Å². The van der Waals surface area contributed by atoms with Crippen molar-refractivity contribution in [3.63, 3.8) is 0 Å². The van der Waals surface area contributed by atoms with Crippen LogP contribution in [-0.2, 0) is 4.74 Å².